The van der Waals surface area contributed by atoms with Gasteiger partial charge in [0, 0.05) is 12.7 Å². The molecular weight excluding hydrogens is 246 g/mol. The maximum atomic E-state index is 11.6. The second-order valence-electron chi connectivity index (χ2n) is 4.80. The number of aliphatic carboxylic acids is 1. The SMILES string of the molecule is CCN(c1nccc(C)c1C(N)=O)C(C)(C)C(=O)O. The van der Waals surface area contributed by atoms with E-state index in [1.54, 1.807) is 38.7 Å². The summed E-state index contributed by atoms with van der Waals surface area (Å²) in [4.78, 5) is 28.6. The Bertz CT molecular complexity index is 512. The standard InChI is InChI=1S/C13H19N3O3/c1-5-16(13(3,4)12(18)19)11-9(10(14)17)8(2)6-7-15-11/h6-7H,5H2,1-4H3,(H2,14,17)(H,18,19). The van der Waals surface area contributed by atoms with E-state index in [0.717, 1.165) is 0 Å². The summed E-state index contributed by atoms with van der Waals surface area (Å²) < 4.78 is 0. The maximum absolute atomic E-state index is 11.6. The van der Waals surface area contributed by atoms with Crippen LogP contribution in [0.25, 0.3) is 0 Å². The number of hydrogen-bond acceptors (Lipinski definition) is 4. The highest BCUT2D eigenvalue weighted by atomic mass is 16.4. The summed E-state index contributed by atoms with van der Waals surface area (Å²) >= 11 is 0. The van der Waals surface area contributed by atoms with Crippen LogP contribution in [0.3, 0.4) is 0 Å². The summed E-state index contributed by atoms with van der Waals surface area (Å²) in [6, 6.07) is 1.67. The third-order valence-electron chi connectivity index (χ3n) is 3.16. The molecule has 0 fully saturated rings. The molecule has 1 amide bonds. The average molecular weight is 265 g/mol. The minimum absolute atomic E-state index is 0.263. The van der Waals surface area contributed by atoms with Crippen LogP contribution in [0.2, 0.25) is 0 Å². The number of nitrogens with zero attached hydrogens (tertiary/aromatic N) is 2. The summed E-state index contributed by atoms with van der Waals surface area (Å²) in [6.07, 6.45) is 1.54. The van der Waals surface area contributed by atoms with Crippen LogP contribution >= 0.6 is 0 Å². The lowest BCUT2D eigenvalue weighted by Crippen LogP contribution is -2.51. The molecule has 0 aliphatic carbocycles. The first kappa shape index (κ1) is 14.9. The molecule has 0 aliphatic heterocycles. The van der Waals surface area contributed by atoms with Gasteiger partial charge in [0.15, 0.2) is 0 Å². The molecule has 19 heavy (non-hydrogen) atoms. The summed E-state index contributed by atoms with van der Waals surface area (Å²) in [5.74, 6) is -1.30. The van der Waals surface area contributed by atoms with Crippen molar-refractivity contribution in [1.29, 1.82) is 0 Å². The van der Waals surface area contributed by atoms with Gasteiger partial charge in [0.25, 0.3) is 5.91 Å². The van der Waals surface area contributed by atoms with Gasteiger partial charge in [0.05, 0.1) is 5.56 Å². The number of nitrogens with two attached hydrogens (primary N) is 1. The number of likely N-dealkylation sites (N-methyl/N-ethyl adjacent to an activating group) is 1. The summed E-state index contributed by atoms with van der Waals surface area (Å²) in [6.45, 7) is 7.07. The lowest BCUT2D eigenvalue weighted by Gasteiger charge is -2.36. The molecule has 6 heteroatoms. The Kier molecular flexibility index (Phi) is 4.14. The highest BCUT2D eigenvalue weighted by Crippen LogP contribution is 2.27. The Balaban J connectivity index is 3.47. The average Bonchev–Trinajstić information content (AvgIpc) is 2.28. The summed E-state index contributed by atoms with van der Waals surface area (Å²) in [7, 11) is 0. The number of carboxylic acids is 1. The number of carbonyl (C=O) groups excluding carboxylic acids is 1. The van der Waals surface area contributed by atoms with E-state index >= 15 is 0 Å². The number of amides is 1. The molecule has 0 radical (unpaired) electrons. The van der Waals surface area contributed by atoms with Crippen LogP contribution < -0.4 is 10.6 Å². The minimum Gasteiger partial charge on any atom is -0.480 e. The first-order valence-corrected chi connectivity index (χ1v) is 5.99. The highest BCUT2D eigenvalue weighted by molar-refractivity contribution is 6.00. The number of anilines is 1. The molecule has 0 spiro atoms. The highest BCUT2D eigenvalue weighted by Gasteiger charge is 2.36. The van der Waals surface area contributed by atoms with E-state index in [2.05, 4.69) is 4.98 Å². The molecule has 0 saturated heterocycles. The normalized spacial score (nSPS) is 11.2. The molecule has 0 bridgehead atoms. The van der Waals surface area contributed by atoms with Gasteiger partial charge in [-0.1, -0.05) is 0 Å². The van der Waals surface area contributed by atoms with E-state index in [4.69, 9.17) is 5.73 Å². The van der Waals surface area contributed by atoms with Gasteiger partial charge >= 0.3 is 5.97 Å². The van der Waals surface area contributed by atoms with Crippen LogP contribution in [-0.2, 0) is 4.79 Å². The number of carboxylic acid groups (broad SMARTS) is 1. The predicted molar refractivity (Wildman–Crippen MR) is 72.2 cm³/mol. The monoisotopic (exact) mass is 265 g/mol. The topological polar surface area (TPSA) is 96.5 Å². The number of pyridine rings is 1. The Morgan fingerprint density at radius 1 is 1.47 bits per heavy atom. The molecule has 1 rings (SSSR count). The molecular formula is C13H19N3O3. The molecule has 0 saturated carbocycles. The smallest absolute Gasteiger partial charge is 0.328 e. The van der Waals surface area contributed by atoms with E-state index in [1.165, 1.54) is 6.20 Å². The molecule has 0 aliphatic rings. The van der Waals surface area contributed by atoms with Gasteiger partial charge in [-0.15, -0.1) is 0 Å². The minimum atomic E-state index is -1.18. The molecule has 0 unspecified atom stereocenters. The molecule has 3 N–H and O–H groups in total. The summed E-state index contributed by atoms with van der Waals surface area (Å²) in [5.41, 5.74) is 5.13. The van der Waals surface area contributed by atoms with E-state index < -0.39 is 17.4 Å². The van der Waals surface area contributed by atoms with Crippen molar-refractivity contribution >= 4 is 17.7 Å². The summed E-state index contributed by atoms with van der Waals surface area (Å²) in [5, 5.41) is 9.32. The first-order chi connectivity index (χ1) is 8.73. The van der Waals surface area contributed by atoms with E-state index in [0.29, 0.717) is 17.9 Å². The second-order valence-corrected chi connectivity index (χ2v) is 4.80. The number of aryl methyl sites for hydroxylation is 1. The van der Waals surface area contributed by atoms with Gasteiger partial charge < -0.3 is 15.7 Å². The molecule has 104 valence electrons. The Morgan fingerprint density at radius 3 is 2.47 bits per heavy atom. The van der Waals surface area contributed by atoms with Gasteiger partial charge in [-0.25, -0.2) is 9.78 Å². The van der Waals surface area contributed by atoms with Gasteiger partial charge in [-0.05, 0) is 39.3 Å². The molecule has 1 aromatic rings. The van der Waals surface area contributed by atoms with Crippen LogP contribution in [0.4, 0.5) is 5.82 Å². The Hall–Kier alpha value is -2.11. The van der Waals surface area contributed by atoms with Crippen LogP contribution in [0.15, 0.2) is 12.3 Å². The quantitative estimate of drug-likeness (QED) is 0.833. The van der Waals surface area contributed by atoms with E-state index in [-0.39, 0.29) is 5.56 Å². The van der Waals surface area contributed by atoms with E-state index in [1.807, 2.05) is 0 Å². The predicted octanol–water partition coefficient (Wildman–Crippen LogP) is 1.18. The number of aromatic nitrogens is 1. The Labute approximate surface area is 112 Å². The lowest BCUT2D eigenvalue weighted by atomic mass is 10.0. The Morgan fingerprint density at radius 2 is 2.05 bits per heavy atom. The molecule has 1 aromatic heterocycles. The fraction of sp³-hybridized carbons (Fsp3) is 0.462. The van der Waals surface area contributed by atoms with Crippen molar-refractivity contribution in [3.63, 3.8) is 0 Å². The van der Waals surface area contributed by atoms with Crippen molar-refractivity contribution in [3.05, 3.63) is 23.4 Å². The van der Waals surface area contributed by atoms with Crippen molar-refractivity contribution in [2.24, 2.45) is 5.73 Å². The fourth-order valence-corrected chi connectivity index (χ4v) is 1.98. The van der Waals surface area contributed by atoms with E-state index in [9.17, 15) is 14.7 Å². The second kappa shape index (κ2) is 5.26. The zero-order valence-electron chi connectivity index (χ0n) is 11.6. The first-order valence-electron chi connectivity index (χ1n) is 5.99. The number of primary amides is 1. The van der Waals surface area contributed by atoms with Crippen molar-refractivity contribution in [3.8, 4) is 0 Å². The fourth-order valence-electron chi connectivity index (χ4n) is 1.98. The molecule has 0 aromatic carbocycles. The third-order valence-corrected chi connectivity index (χ3v) is 3.16. The number of hydrogen-bond donors (Lipinski definition) is 2. The van der Waals surface area contributed by atoms with Gasteiger partial charge in [-0.3, -0.25) is 4.79 Å². The van der Waals surface area contributed by atoms with Crippen molar-refractivity contribution < 1.29 is 14.7 Å². The van der Waals surface area contributed by atoms with Crippen LogP contribution in [0.1, 0.15) is 36.7 Å². The largest absolute Gasteiger partial charge is 0.480 e. The lowest BCUT2D eigenvalue weighted by molar-refractivity contribution is -0.142. The third kappa shape index (κ3) is 2.67. The molecule has 6 nitrogen and oxygen atoms in total. The molecule has 0 atom stereocenters. The van der Waals surface area contributed by atoms with Crippen molar-refractivity contribution in [1.82, 2.24) is 4.98 Å². The van der Waals surface area contributed by atoms with Crippen LogP contribution in [0, 0.1) is 6.92 Å². The van der Waals surface area contributed by atoms with Gasteiger partial charge in [0.1, 0.15) is 11.4 Å². The zero-order chi connectivity index (χ0) is 14.8. The van der Waals surface area contributed by atoms with Gasteiger partial charge in [0.2, 0.25) is 0 Å². The van der Waals surface area contributed by atoms with Crippen LogP contribution in [-0.4, -0.2) is 34.1 Å². The molecule has 1 heterocycles. The van der Waals surface area contributed by atoms with Crippen molar-refractivity contribution in [2.75, 3.05) is 11.4 Å². The number of rotatable bonds is 5. The maximum Gasteiger partial charge on any atom is 0.328 e. The van der Waals surface area contributed by atoms with Crippen molar-refractivity contribution in [2.45, 2.75) is 33.2 Å². The zero-order valence-corrected chi connectivity index (χ0v) is 11.6. The van der Waals surface area contributed by atoms with Crippen LogP contribution in [0.5, 0.6) is 0 Å². The van der Waals surface area contributed by atoms with Gasteiger partial charge in [-0.2, -0.15) is 0 Å². The number of carbonyl (C=O) groups is 2.